The fourth-order valence-corrected chi connectivity index (χ4v) is 1.80. The number of hydrogen-bond donors (Lipinski definition) is 0. The van der Waals surface area contributed by atoms with Gasteiger partial charge in [-0.1, -0.05) is 13.8 Å². The smallest absolute Gasteiger partial charge is 0.876 e. The number of rotatable bonds is 2. The van der Waals surface area contributed by atoms with E-state index in [9.17, 15) is 19.8 Å². The van der Waals surface area contributed by atoms with Crippen molar-refractivity contribution in [1.82, 2.24) is 9.97 Å². The van der Waals surface area contributed by atoms with Crippen molar-refractivity contribution in [2.24, 2.45) is 0 Å². The third kappa shape index (κ3) is 31.1. The molecule has 29 heavy (non-hydrogen) atoms. The van der Waals surface area contributed by atoms with Gasteiger partial charge in [-0.15, -0.1) is 11.5 Å². The van der Waals surface area contributed by atoms with Gasteiger partial charge < -0.3 is 10.2 Å². The van der Waals surface area contributed by atoms with Gasteiger partial charge in [-0.3, -0.25) is 19.6 Å². The van der Waals surface area contributed by atoms with Crippen LogP contribution in [0.5, 0.6) is 0 Å². The Balaban J connectivity index is -0.000000307. The molecule has 0 bridgehead atoms. The molecule has 0 atom stereocenters. The van der Waals surface area contributed by atoms with E-state index in [0.717, 1.165) is 21.1 Å². The zero-order valence-electron chi connectivity index (χ0n) is 16.4. The number of nitrogens with zero attached hydrogens (tertiary/aromatic N) is 2. The summed E-state index contributed by atoms with van der Waals surface area (Å²) in [6, 6.07) is 7.63. The monoisotopic (exact) mass is 571 g/mol. The molecular weight excluding hydrogens is 551 g/mol. The number of ketones is 2. The van der Waals surface area contributed by atoms with E-state index in [1.807, 2.05) is 24.3 Å². The molecule has 2 rings (SSSR count). The molecule has 0 aliphatic carbocycles. The van der Waals surface area contributed by atoms with Gasteiger partial charge in [0.25, 0.3) is 0 Å². The second-order valence-corrected chi connectivity index (χ2v) is 6.91. The van der Waals surface area contributed by atoms with Gasteiger partial charge in [0, 0.05) is 33.7 Å². The molecule has 0 fully saturated rings. The summed E-state index contributed by atoms with van der Waals surface area (Å²) in [5, 5.41) is 20.0. The summed E-state index contributed by atoms with van der Waals surface area (Å²) < 4.78 is 2.05. The fraction of sp³-hybridized carbons (Fsp3) is 0.200. The normalized spacial score (nSPS) is 9.72. The van der Waals surface area contributed by atoms with Gasteiger partial charge in [-0.25, -0.2) is 0 Å². The predicted octanol–water partition coefficient (Wildman–Crippen LogP) is 3.36. The van der Waals surface area contributed by atoms with Gasteiger partial charge in [0.15, 0.2) is 11.6 Å². The second kappa shape index (κ2) is 20.9. The summed E-state index contributed by atoms with van der Waals surface area (Å²) in [5.74, 6) is -0.750. The number of carbonyl (C=O) groups excluding carboxylic acids is 2. The van der Waals surface area contributed by atoms with E-state index < -0.39 is 0 Å². The third-order valence-electron chi connectivity index (χ3n) is 2.06. The number of aromatic nitrogens is 2. The van der Waals surface area contributed by atoms with Gasteiger partial charge in [-0.05, 0) is 82.1 Å². The molecule has 0 aromatic carbocycles. The van der Waals surface area contributed by atoms with Crippen LogP contribution < -0.4 is 10.2 Å². The zero-order valence-corrected chi connectivity index (χ0v) is 20.6. The van der Waals surface area contributed by atoms with Crippen molar-refractivity contribution in [3.8, 4) is 0 Å². The molecule has 6 nitrogen and oxygen atoms in total. The average Bonchev–Trinajstić information content (AvgIpc) is 2.55. The number of hydrogen-bond acceptors (Lipinski definition) is 6. The van der Waals surface area contributed by atoms with Crippen molar-refractivity contribution in [3.05, 3.63) is 81.7 Å². The van der Waals surface area contributed by atoms with Crippen LogP contribution in [0.25, 0.3) is 0 Å². The first-order valence-corrected chi connectivity index (χ1v) is 9.46. The minimum atomic E-state index is -0.187. The summed E-state index contributed by atoms with van der Waals surface area (Å²) in [7, 11) is 0. The van der Waals surface area contributed by atoms with Crippen molar-refractivity contribution in [3.63, 3.8) is 0 Å². The van der Waals surface area contributed by atoms with Gasteiger partial charge >= 0.3 is 16.8 Å². The van der Waals surface area contributed by atoms with Crippen LogP contribution in [0.15, 0.2) is 81.7 Å². The summed E-state index contributed by atoms with van der Waals surface area (Å²) >= 11 is 6.50. The SMILES string of the molecule is Brc1cccnc1.Brc1cccnc1.CC(=O)/C=C(/C)[O-].CC(=O)/C=C(/C)[O-].[Co+2]. The van der Waals surface area contributed by atoms with Gasteiger partial charge in [0.2, 0.25) is 0 Å². The predicted molar refractivity (Wildman–Crippen MR) is 113 cm³/mol. The summed E-state index contributed by atoms with van der Waals surface area (Å²) in [6.07, 6.45) is 9.09. The molecule has 0 saturated carbocycles. The molecule has 159 valence electrons. The maximum atomic E-state index is 9.98. The van der Waals surface area contributed by atoms with Gasteiger partial charge in [-0.2, -0.15) is 0 Å². The van der Waals surface area contributed by atoms with Crippen molar-refractivity contribution < 1.29 is 36.6 Å². The Morgan fingerprint density at radius 3 is 1.17 bits per heavy atom. The molecule has 0 unspecified atom stereocenters. The van der Waals surface area contributed by atoms with Crippen LogP contribution in [-0.2, 0) is 26.4 Å². The summed E-state index contributed by atoms with van der Waals surface area (Å²) in [5.41, 5.74) is 0. The van der Waals surface area contributed by atoms with E-state index >= 15 is 0 Å². The number of allylic oxidation sites excluding steroid dienone is 4. The zero-order chi connectivity index (χ0) is 21.9. The molecule has 0 aliphatic heterocycles. The Labute approximate surface area is 198 Å². The molecule has 2 aromatic rings. The van der Waals surface area contributed by atoms with Crippen molar-refractivity contribution in [1.29, 1.82) is 0 Å². The van der Waals surface area contributed by atoms with Crippen LogP contribution in [0.1, 0.15) is 27.7 Å². The Bertz CT molecular complexity index is 682. The third-order valence-corrected chi connectivity index (χ3v) is 3.00. The van der Waals surface area contributed by atoms with Crippen LogP contribution in [0, 0.1) is 0 Å². The number of pyridine rings is 2. The van der Waals surface area contributed by atoms with E-state index in [1.165, 1.54) is 27.7 Å². The van der Waals surface area contributed by atoms with Crippen molar-refractivity contribution in [2.45, 2.75) is 27.7 Å². The standard InChI is InChI=1S/2C5H4BrN.2C5H8O2.Co/c2*6-5-2-1-3-7-4-5;2*1-4(6)3-5(2)7;/h2*1-4H;2*3,6H,1-2H3;/q;;;;+2/p-2/b;;2*4-3-;. The molecule has 0 amide bonds. The molecule has 2 heterocycles. The van der Waals surface area contributed by atoms with E-state index in [2.05, 4.69) is 41.8 Å². The molecule has 9 heteroatoms. The average molecular weight is 573 g/mol. The number of carbonyl (C=O) groups is 2. The van der Waals surface area contributed by atoms with Gasteiger partial charge in [0.1, 0.15) is 0 Å². The molecular formula is C20H22Br2CoN2O4. The first-order valence-electron chi connectivity index (χ1n) is 7.87. The maximum Gasteiger partial charge on any atom is 2.00 e. The van der Waals surface area contributed by atoms with Gasteiger partial charge in [0.05, 0.1) is 0 Å². The van der Waals surface area contributed by atoms with Crippen LogP contribution >= 0.6 is 31.9 Å². The topological polar surface area (TPSA) is 106 Å². The first-order chi connectivity index (χ1) is 13.0. The maximum absolute atomic E-state index is 9.98. The Morgan fingerprint density at radius 2 is 1.10 bits per heavy atom. The molecule has 1 radical (unpaired) electrons. The largest absolute Gasteiger partial charge is 2.00 e. The van der Waals surface area contributed by atoms with Crippen LogP contribution in [0.2, 0.25) is 0 Å². The van der Waals surface area contributed by atoms with Crippen LogP contribution in [0.4, 0.5) is 0 Å². The molecule has 0 saturated heterocycles. The molecule has 0 aliphatic rings. The van der Waals surface area contributed by atoms with Crippen LogP contribution in [0.3, 0.4) is 0 Å². The molecule has 0 spiro atoms. The molecule has 0 N–H and O–H groups in total. The minimum Gasteiger partial charge on any atom is -0.876 e. The molecule has 2 aromatic heterocycles. The quantitative estimate of drug-likeness (QED) is 0.403. The van der Waals surface area contributed by atoms with E-state index in [-0.39, 0.29) is 39.9 Å². The van der Waals surface area contributed by atoms with Crippen molar-refractivity contribution >= 4 is 43.4 Å². The number of halogens is 2. The van der Waals surface area contributed by atoms with E-state index in [1.54, 1.807) is 24.8 Å². The summed E-state index contributed by atoms with van der Waals surface area (Å²) in [4.78, 5) is 27.6. The van der Waals surface area contributed by atoms with Crippen molar-refractivity contribution in [2.75, 3.05) is 0 Å². The minimum absolute atomic E-state index is 0. The van der Waals surface area contributed by atoms with Crippen LogP contribution in [-0.4, -0.2) is 21.5 Å². The summed E-state index contributed by atoms with van der Waals surface area (Å²) in [6.45, 7) is 5.39. The Morgan fingerprint density at radius 1 is 0.793 bits per heavy atom. The van der Waals surface area contributed by atoms with E-state index in [4.69, 9.17) is 0 Å². The second-order valence-electron chi connectivity index (χ2n) is 5.07. The Hall–Kier alpha value is -1.81. The first kappa shape index (κ1) is 31.9. The fourth-order valence-electron chi connectivity index (χ4n) is 1.26. The van der Waals surface area contributed by atoms with E-state index in [0.29, 0.717) is 0 Å². The Kier molecular flexibility index (Phi) is 23.0.